The zero-order valence-electron chi connectivity index (χ0n) is 7.98. The summed E-state index contributed by atoms with van der Waals surface area (Å²) < 4.78 is 12.7. The Labute approximate surface area is 85.2 Å². The Morgan fingerprint density at radius 1 is 1.53 bits per heavy atom. The van der Waals surface area contributed by atoms with Crippen molar-refractivity contribution in [1.29, 1.82) is 0 Å². The molecule has 0 radical (unpaired) electrons. The summed E-state index contributed by atoms with van der Waals surface area (Å²) in [6.45, 7) is -0.435. The van der Waals surface area contributed by atoms with Gasteiger partial charge in [-0.15, -0.1) is 0 Å². The molecule has 0 aliphatic heterocycles. The molecule has 1 amide bonds. The molecular formula is C9H9FN2O3. The minimum Gasteiger partial charge on any atom is -0.480 e. The van der Waals surface area contributed by atoms with Crippen molar-refractivity contribution in [2.45, 2.75) is 0 Å². The first-order chi connectivity index (χ1) is 7.00. The van der Waals surface area contributed by atoms with Crippen molar-refractivity contribution in [1.82, 2.24) is 9.88 Å². The lowest BCUT2D eigenvalue weighted by Gasteiger charge is -2.13. The average molecular weight is 212 g/mol. The molecule has 0 atom stereocenters. The number of nitrogens with zero attached hydrogens (tertiary/aromatic N) is 2. The topological polar surface area (TPSA) is 70.5 Å². The van der Waals surface area contributed by atoms with Gasteiger partial charge in [0.2, 0.25) is 0 Å². The number of carbonyl (C=O) groups is 2. The number of carboxylic acid groups (broad SMARTS) is 1. The molecule has 0 fully saturated rings. The Kier molecular flexibility index (Phi) is 3.33. The third kappa shape index (κ3) is 3.01. The molecule has 0 unspecified atom stereocenters. The lowest BCUT2D eigenvalue weighted by molar-refractivity contribution is -0.137. The van der Waals surface area contributed by atoms with Crippen molar-refractivity contribution in [2.75, 3.05) is 13.6 Å². The predicted octanol–water partition coefficient (Wildman–Crippen LogP) is 0.377. The van der Waals surface area contributed by atoms with Crippen LogP contribution < -0.4 is 0 Å². The number of hydrogen-bond donors (Lipinski definition) is 1. The molecule has 80 valence electrons. The molecule has 0 aromatic carbocycles. The van der Waals surface area contributed by atoms with Crippen LogP contribution in [-0.4, -0.2) is 40.5 Å². The summed E-state index contributed by atoms with van der Waals surface area (Å²) in [4.78, 5) is 26.3. The van der Waals surface area contributed by atoms with E-state index in [1.807, 2.05) is 0 Å². The fraction of sp³-hybridized carbons (Fsp3) is 0.222. The van der Waals surface area contributed by atoms with E-state index in [1.54, 1.807) is 0 Å². The molecule has 0 bridgehead atoms. The Morgan fingerprint density at radius 2 is 2.20 bits per heavy atom. The molecule has 1 rings (SSSR count). The number of likely N-dealkylation sites (N-methyl/N-ethyl adjacent to an activating group) is 1. The Morgan fingerprint density at radius 3 is 2.73 bits per heavy atom. The number of rotatable bonds is 3. The van der Waals surface area contributed by atoms with Crippen LogP contribution in [0.3, 0.4) is 0 Å². The third-order valence-electron chi connectivity index (χ3n) is 1.67. The minimum atomic E-state index is -1.13. The lowest BCUT2D eigenvalue weighted by atomic mass is 10.2. The van der Waals surface area contributed by atoms with Gasteiger partial charge in [0, 0.05) is 13.2 Å². The van der Waals surface area contributed by atoms with Gasteiger partial charge in [0.05, 0.1) is 11.8 Å². The van der Waals surface area contributed by atoms with Crippen molar-refractivity contribution >= 4 is 11.9 Å². The van der Waals surface area contributed by atoms with Crippen molar-refractivity contribution in [2.24, 2.45) is 0 Å². The van der Waals surface area contributed by atoms with Crippen LogP contribution in [0.15, 0.2) is 18.5 Å². The number of carbonyl (C=O) groups excluding carboxylic acids is 1. The number of aliphatic carboxylic acids is 1. The number of amides is 1. The summed E-state index contributed by atoms with van der Waals surface area (Å²) in [5.74, 6) is -2.34. The molecule has 1 aromatic rings. The number of carboxylic acids is 1. The van der Waals surface area contributed by atoms with E-state index in [4.69, 9.17) is 5.11 Å². The number of pyridine rings is 1. The van der Waals surface area contributed by atoms with E-state index in [0.29, 0.717) is 0 Å². The fourth-order valence-corrected chi connectivity index (χ4v) is 1.02. The first-order valence-corrected chi connectivity index (χ1v) is 4.08. The van der Waals surface area contributed by atoms with Crippen molar-refractivity contribution < 1.29 is 19.1 Å². The molecule has 0 saturated carbocycles. The average Bonchev–Trinajstić information content (AvgIpc) is 2.15. The molecule has 5 nitrogen and oxygen atoms in total. The highest BCUT2D eigenvalue weighted by molar-refractivity contribution is 5.95. The SMILES string of the molecule is CN(CC(=O)O)C(=O)c1cncc(F)c1. The molecule has 1 heterocycles. The molecule has 15 heavy (non-hydrogen) atoms. The van der Waals surface area contributed by atoms with E-state index in [2.05, 4.69) is 4.98 Å². The van der Waals surface area contributed by atoms with Crippen LogP contribution in [-0.2, 0) is 4.79 Å². The van der Waals surface area contributed by atoms with Crippen molar-refractivity contribution in [3.63, 3.8) is 0 Å². The van der Waals surface area contributed by atoms with Gasteiger partial charge in [-0.05, 0) is 6.07 Å². The van der Waals surface area contributed by atoms with Gasteiger partial charge in [0.15, 0.2) is 0 Å². The van der Waals surface area contributed by atoms with E-state index in [9.17, 15) is 14.0 Å². The van der Waals surface area contributed by atoms with Gasteiger partial charge in [0.25, 0.3) is 5.91 Å². The summed E-state index contributed by atoms with van der Waals surface area (Å²) in [5.41, 5.74) is 0.0266. The van der Waals surface area contributed by atoms with Gasteiger partial charge in [-0.25, -0.2) is 4.39 Å². The summed E-state index contributed by atoms with van der Waals surface area (Å²) >= 11 is 0. The van der Waals surface area contributed by atoms with Crippen molar-refractivity contribution in [3.05, 3.63) is 29.8 Å². The van der Waals surface area contributed by atoms with Crippen LogP contribution in [0, 0.1) is 5.82 Å². The maximum atomic E-state index is 12.7. The molecule has 0 aliphatic rings. The Hall–Kier alpha value is -1.98. The van der Waals surface area contributed by atoms with E-state index in [1.165, 1.54) is 13.2 Å². The monoisotopic (exact) mass is 212 g/mol. The normalized spacial score (nSPS) is 9.73. The zero-order valence-corrected chi connectivity index (χ0v) is 7.98. The minimum absolute atomic E-state index is 0.0266. The second-order valence-corrected chi connectivity index (χ2v) is 2.95. The van der Waals surface area contributed by atoms with Crippen LogP contribution in [0.2, 0.25) is 0 Å². The fourth-order valence-electron chi connectivity index (χ4n) is 1.02. The molecule has 1 N–H and O–H groups in total. The van der Waals surface area contributed by atoms with Gasteiger partial charge in [-0.2, -0.15) is 0 Å². The van der Waals surface area contributed by atoms with E-state index >= 15 is 0 Å². The molecular weight excluding hydrogens is 203 g/mol. The summed E-state index contributed by atoms with van der Waals surface area (Å²) in [7, 11) is 1.32. The maximum Gasteiger partial charge on any atom is 0.323 e. The molecule has 0 spiro atoms. The number of halogens is 1. The van der Waals surface area contributed by atoms with Gasteiger partial charge in [-0.1, -0.05) is 0 Å². The molecule has 0 saturated heterocycles. The highest BCUT2D eigenvalue weighted by atomic mass is 19.1. The quantitative estimate of drug-likeness (QED) is 0.786. The predicted molar refractivity (Wildman–Crippen MR) is 48.8 cm³/mol. The van der Waals surface area contributed by atoms with Crippen LogP contribution in [0.1, 0.15) is 10.4 Å². The molecule has 6 heteroatoms. The zero-order chi connectivity index (χ0) is 11.4. The largest absolute Gasteiger partial charge is 0.480 e. The molecule has 0 aliphatic carbocycles. The van der Waals surface area contributed by atoms with E-state index < -0.39 is 24.2 Å². The van der Waals surface area contributed by atoms with Gasteiger partial charge >= 0.3 is 5.97 Å². The summed E-state index contributed by atoms with van der Waals surface area (Å²) in [6, 6.07) is 1.01. The first-order valence-electron chi connectivity index (χ1n) is 4.08. The Bertz CT molecular complexity index is 395. The first kappa shape index (κ1) is 11.1. The third-order valence-corrected chi connectivity index (χ3v) is 1.67. The van der Waals surface area contributed by atoms with Crippen LogP contribution in [0.25, 0.3) is 0 Å². The van der Waals surface area contributed by atoms with Crippen LogP contribution >= 0.6 is 0 Å². The summed E-state index contributed by atoms with van der Waals surface area (Å²) in [5, 5.41) is 8.45. The van der Waals surface area contributed by atoms with Gasteiger partial charge in [-0.3, -0.25) is 14.6 Å². The smallest absolute Gasteiger partial charge is 0.323 e. The van der Waals surface area contributed by atoms with Gasteiger partial charge in [0.1, 0.15) is 12.4 Å². The van der Waals surface area contributed by atoms with Gasteiger partial charge < -0.3 is 10.0 Å². The standard InChI is InChI=1S/C9H9FN2O3/c1-12(5-8(13)14)9(15)6-2-7(10)4-11-3-6/h2-4H,5H2,1H3,(H,13,14). The van der Waals surface area contributed by atoms with E-state index in [-0.39, 0.29) is 5.56 Å². The van der Waals surface area contributed by atoms with E-state index in [0.717, 1.165) is 17.2 Å². The Balaban J connectivity index is 2.80. The number of aromatic nitrogens is 1. The lowest BCUT2D eigenvalue weighted by Crippen LogP contribution is -2.32. The second kappa shape index (κ2) is 4.50. The van der Waals surface area contributed by atoms with Crippen LogP contribution in [0.4, 0.5) is 4.39 Å². The molecule has 1 aromatic heterocycles. The maximum absolute atomic E-state index is 12.7. The second-order valence-electron chi connectivity index (χ2n) is 2.95. The number of hydrogen-bond acceptors (Lipinski definition) is 3. The van der Waals surface area contributed by atoms with Crippen LogP contribution in [0.5, 0.6) is 0 Å². The van der Waals surface area contributed by atoms with Crippen molar-refractivity contribution in [3.8, 4) is 0 Å². The highest BCUT2D eigenvalue weighted by Crippen LogP contribution is 2.04. The summed E-state index contributed by atoms with van der Waals surface area (Å²) in [6.07, 6.45) is 2.15. The highest BCUT2D eigenvalue weighted by Gasteiger charge is 2.14.